The van der Waals surface area contributed by atoms with E-state index in [1.165, 1.54) is 30.7 Å². The lowest BCUT2D eigenvalue weighted by molar-refractivity contribution is -0.862. The number of amides is 2. The highest BCUT2D eigenvalue weighted by atomic mass is 19.1. The number of quaternary nitrogens is 1. The van der Waals surface area contributed by atoms with E-state index in [4.69, 9.17) is 0 Å². The second-order valence-electron chi connectivity index (χ2n) is 7.31. The van der Waals surface area contributed by atoms with Crippen molar-refractivity contribution in [1.82, 2.24) is 5.32 Å². The molecule has 1 aliphatic carbocycles. The molecule has 1 unspecified atom stereocenters. The molecule has 1 aliphatic rings. The lowest BCUT2D eigenvalue weighted by Crippen LogP contribution is -3.11. The van der Waals surface area contributed by atoms with Crippen LogP contribution < -0.4 is 15.5 Å². The average molecular weight is 350 g/mol. The summed E-state index contributed by atoms with van der Waals surface area (Å²) in [5, 5.41) is 5.84. The molecule has 0 heterocycles. The summed E-state index contributed by atoms with van der Waals surface area (Å²) in [4.78, 5) is 25.1. The summed E-state index contributed by atoms with van der Waals surface area (Å²) in [6, 6.07) is 5.86. The van der Waals surface area contributed by atoms with Crippen molar-refractivity contribution >= 4 is 17.5 Å². The van der Waals surface area contributed by atoms with Crippen LogP contribution in [0, 0.1) is 17.7 Å². The zero-order chi connectivity index (χ0) is 18.4. The van der Waals surface area contributed by atoms with Gasteiger partial charge in [-0.3, -0.25) is 9.59 Å². The number of carbonyl (C=O) groups excluding carboxylic acids is 2. The first-order valence-electron chi connectivity index (χ1n) is 9.01. The van der Waals surface area contributed by atoms with E-state index in [1.54, 1.807) is 0 Å². The summed E-state index contributed by atoms with van der Waals surface area (Å²) in [6.07, 6.45) is 3.41. The van der Waals surface area contributed by atoms with Gasteiger partial charge in [-0.1, -0.05) is 26.7 Å². The molecule has 0 aromatic heterocycles. The van der Waals surface area contributed by atoms with Crippen LogP contribution in [0.4, 0.5) is 10.1 Å². The predicted octanol–water partition coefficient (Wildman–Crippen LogP) is 1.22. The van der Waals surface area contributed by atoms with Gasteiger partial charge in [0, 0.05) is 11.7 Å². The Morgan fingerprint density at radius 2 is 1.76 bits per heavy atom. The minimum Gasteiger partial charge on any atom is -0.348 e. The zero-order valence-corrected chi connectivity index (χ0v) is 15.3. The normalized spacial score (nSPS) is 24.4. The highest BCUT2D eigenvalue weighted by molar-refractivity contribution is 5.91. The topological polar surface area (TPSA) is 62.6 Å². The van der Waals surface area contributed by atoms with Crippen LogP contribution in [0.5, 0.6) is 0 Å². The fraction of sp³-hybridized carbons (Fsp3) is 0.579. The van der Waals surface area contributed by atoms with Crippen molar-refractivity contribution in [3.8, 4) is 0 Å². The molecule has 0 radical (unpaired) electrons. The summed E-state index contributed by atoms with van der Waals surface area (Å²) in [5.41, 5.74) is 0.550. The molecule has 3 N–H and O–H groups in total. The van der Waals surface area contributed by atoms with E-state index in [2.05, 4.69) is 24.5 Å². The van der Waals surface area contributed by atoms with Crippen molar-refractivity contribution in [2.45, 2.75) is 39.2 Å². The number of rotatable bonds is 6. The predicted molar refractivity (Wildman–Crippen MR) is 95.8 cm³/mol. The number of hydrogen-bond acceptors (Lipinski definition) is 2. The van der Waals surface area contributed by atoms with Gasteiger partial charge in [-0.05, 0) is 42.5 Å². The third-order valence-electron chi connectivity index (χ3n) is 5.11. The van der Waals surface area contributed by atoms with Crippen LogP contribution >= 0.6 is 0 Å². The van der Waals surface area contributed by atoms with Gasteiger partial charge < -0.3 is 15.5 Å². The monoisotopic (exact) mass is 350 g/mol. The van der Waals surface area contributed by atoms with E-state index in [-0.39, 0.29) is 36.8 Å². The van der Waals surface area contributed by atoms with Crippen LogP contribution in [0.15, 0.2) is 24.3 Å². The van der Waals surface area contributed by atoms with Crippen LogP contribution in [0.1, 0.15) is 33.1 Å². The SMILES string of the molecule is C[C@@H]1[C@H](C)CCC[C@@H]1NC(=O)C[NH+](C)CC(=O)Nc1ccc(F)cc1. The Morgan fingerprint density at radius 3 is 2.44 bits per heavy atom. The fourth-order valence-electron chi connectivity index (χ4n) is 3.39. The molecule has 138 valence electrons. The van der Waals surface area contributed by atoms with E-state index in [0.717, 1.165) is 17.7 Å². The van der Waals surface area contributed by atoms with Crippen molar-refractivity contribution in [3.05, 3.63) is 30.1 Å². The first kappa shape index (κ1) is 19.4. The maximum absolute atomic E-state index is 12.9. The number of benzene rings is 1. The van der Waals surface area contributed by atoms with E-state index >= 15 is 0 Å². The van der Waals surface area contributed by atoms with Gasteiger partial charge in [0.1, 0.15) is 5.82 Å². The highest BCUT2D eigenvalue weighted by Gasteiger charge is 2.28. The highest BCUT2D eigenvalue weighted by Crippen LogP contribution is 2.29. The van der Waals surface area contributed by atoms with E-state index in [0.29, 0.717) is 17.5 Å². The van der Waals surface area contributed by atoms with Crippen molar-refractivity contribution < 1.29 is 18.9 Å². The largest absolute Gasteiger partial charge is 0.348 e. The Bertz CT molecular complexity index is 591. The van der Waals surface area contributed by atoms with Crippen LogP contribution in [0.25, 0.3) is 0 Å². The Hall–Kier alpha value is -1.95. The van der Waals surface area contributed by atoms with Gasteiger partial charge in [0.05, 0.1) is 7.05 Å². The van der Waals surface area contributed by atoms with Gasteiger partial charge in [0.25, 0.3) is 11.8 Å². The van der Waals surface area contributed by atoms with Crippen molar-refractivity contribution in [3.63, 3.8) is 0 Å². The van der Waals surface area contributed by atoms with Gasteiger partial charge in [-0.15, -0.1) is 0 Å². The third kappa shape index (κ3) is 6.12. The Labute approximate surface area is 149 Å². The molecular weight excluding hydrogens is 321 g/mol. The maximum atomic E-state index is 12.9. The Balaban J connectivity index is 1.75. The lowest BCUT2D eigenvalue weighted by atomic mass is 9.78. The Kier molecular flexibility index (Phi) is 6.93. The molecule has 1 aromatic rings. The summed E-state index contributed by atoms with van der Waals surface area (Å²) in [7, 11) is 1.82. The van der Waals surface area contributed by atoms with Gasteiger partial charge in [-0.2, -0.15) is 0 Å². The van der Waals surface area contributed by atoms with Crippen LogP contribution in [-0.2, 0) is 9.59 Å². The fourth-order valence-corrected chi connectivity index (χ4v) is 3.39. The summed E-state index contributed by atoms with van der Waals surface area (Å²) in [5.74, 6) is 0.559. The second-order valence-corrected chi connectivity index (χ2v) is 7.31. The molecule has 1 fully saturated rings. The number of halogens is 1. The van der Waals surface area contributed by atoms with Crippen LogP contribution in [-0.4, -0.2) is 38.0 Å². The van der Waals surface area contributed by atoms with Gasteiger partial charge >= 0.3 is 0 Å². The van der Waals surface area contributed by atoms with Crippen molar-refractivity contribution in [2.75, 3.05) is 25.5 Å². The summed E-state index contributed by atoms with van der Waals surface area (Å²) < 4.78 is 12.9. The minimum absolute atomic E-state index is 0.0157. The molecule has 1 saturated carbocycles. The molecule has 6 heteroatoms. The molecule has 2 amide bonds. The number of likely N-dealkylation sites (N-methyl/N-ethyl adjacent to an activating group) is 1. The summed E-state index contributed by atoms with van der Waals surface area (Å²) in [6.45, 7) is 4.87. The maximum Gasteiger partial charge on any atom is 0.279 e. The van der Waals surface area contributed by atoms with Crippen molar-refractivity contribution in [1.29, 1.82) is 0 Å². The second kappa shape index (κ2) is 8.94. The molecule has 0 saturated heterocycles. The smallest absolute Gasteiger partial charge is 0.279 e. The van der Waals surface area contributed by atoms with Gasteiger partial charge in [0.2, 0.25) is 0 Å². The molecule has 4 atom stereocenters. The molecule has 0 spiro atoms. The third-order valence-corrected chi connectivity index (χ3v) is 5.11. The Morgan fingerprint density at radius 1 is 1.12 bits per heavy atom. The van der Waals surface area contributed by atoms with Gasteiger partial charge in [-0.25, -0.2) is 4.39 Å². The van der Waals surface area contributed by atoms with Crippen LogP contribution in [0.2, 0.25) is 0 Å². The molecular formula is C19H29FN3O2+. The summed E-state index contributed by atoms with van der Waals surface area (Å²) >= 11 is 0. The number of anilines is 1. The standard InChI is InChI=1S/C19H28FN3O2/c1-13-5-4-6-17(14(13)2)22-19(25)12-23(3)11-18(24)21-16-9-7-15(20)8-10-16/h7-10,13-14,17H,4-6,11-12H2,1-3H3,(H,21,24)(H,22,25)/p+1/t13-,14-,17+/m1/s1. The number of nitrogens with one attached hydrogen (secondary N) is 3. The van der Waals surface area contributed by atoms with Crippen molar-refractivity contribution in [2.24, 2.45) is 11.8 Å². The first-order chi connectivity index (χ1) is 11.8. The first-order valence-corrected chi connectivity index (χ1v) is 9.01. The molecule has 1 aromatic carbocycles. The molecule has 2 rings (SSSR count). The lowest BCUT2D eigenvalue weighted by Gasteiger charge is -2.34. The number of carbonyl (C=O) groups is 2. The van der Waals surface area contributed by atoms with E-state index < -0.39 is 0 Å². The molecule has 5 nitrogen and oxygen atoms in total. The number of hydrogen-bond donors (Lipinski definition) is 3. The minimum atomic E-state index is -0.344. The molecule has 0 aliphatic heterocycles. The van der Waals surface area contributed by atoms with Gasteiger partial charge in [0.15, 0.2) is 13.1 Å². The van der Waals surface area contributed by atoms with E-state index in [9.17, 15) is 14.0 Å². The average Bonchev–Trinajstić information content (AvgIpc) is 2.53. The van der Waals surface area contributed by atoms with E-state index in [1.807, 2.05) is 7.05 Å². The van der Waals surface area contributed by atoms with Crippen LogP contribution in [0.3, 0.4) is 0 Å². The molecule has 0 bridgehead atoms. The quantitative estimate of drug-likeness (QED) is 0.722. The molecule has 25 heavy (non-hydrogen) atoms. The zero-order valence-electron chi connectivity index (χ0n) is 15.3.